The van der Waals surface area contributed by atoms with E-state index in [2.05, 4.69) is 0 Å². The zero-order chi connectivity index (χ0) is 46.9. The minimum Gasteiger partial charge on any atom is -0.398 e. The second-order valence-electron chi connectivity index (χ2n) is 8.54. The smallest absolute Gasteiger partial charge is 0.0630 e. The number of nitrogens with two attached hydrogens (primary N) is 1. The lowest BCUT2D eigenvalue weighted by Gasteiger charge is -2.21. The first-order valence-electron chi connectivity index (χ1n) is 23.0. The van der Waals surface area contributed by atoms with Gasteiger partial charge in [0.15, 0.2) is 0 Å². The van der Waals surface area contributed by atoms with Gasteiger partial charge in [-0.1, -0.05) is 126 Å². The van der Waals surface area contributed by atoms with E-state index in [9.17, 15) is 0 Å². The van der Waals surface area contributed by atoms with Gasteiger partial charge < -0.3 is 5.73 Å². The first-order valence-corrected chi connectivity index (χ1v) is 10.0. The summed E-state index contributed by atoms with van der Waals surface area (Å²) in [7, 11) is 0. The molecule has 0 heterocycles. The van der Waals surface area contributed by atoms with Gasteiger partial charge in [-0.15, -0.1) is 0 Å². The highest BCUT2D eigenvalue weighted by Gasteiger charge is 2.16. The van der Waals surface area contributed by atoms with E-state index < -0.39 is 173 Å². The van der Waals surface area contributed by atoms with Gasteiger partial charge in [0, 0.05) is 33.3 Å². The summed E-state index contributed by atoms with van der Waals surface area (Å²) in [5, 5.41) is 0. The normalized spacial score (nSPS) is 24.6. The van der Waals surface area contributed by atoms with Gasteiger partial charge in [0.2, 0.25) is 0 Å². The average Bonchev–Trinajstić information content (AvgIpc) is 3.06. The molecule has 0 atom stereocenters. The van der Waals surface area contributed by atoms with Crippen LogP contribution in [0.5, 0.6) is 0 Å². The first-order chi connectivity index (χ1) is 26.8. The Morgan fingerprint density at radius 1 is 0.618 bits per heavy atom. The quantitative estimate of drug-likeness (QED) is 0.295. The summed E-state index contributed by atoms with van der Waals surface area (Å²) in [5.74, 6) is 0. The van der Waals surface area contributed by atoms with Gasteiger partial charge in [0.1, 0.15) is 0 Å². The molecule has 0 bridgehead atoms. The lowest BCUT2D eigenvalue weighted by atomic mass is 9.84. The summed E-state index contributed by atoms with van der Waals surface area (Å²) in [5.41, 5.74) is -7.29. The van der Waals surface area contributed by atoms with Crippen LogP contribution in [-0.4, -0.2) is 0 Å². The van der Waals surface area contributed by atoms with Crippen LogP contribution in [0.1, 0.15) is 93.7 Å². The lowest BCUT2D eigenvalue weighted by Crippen LogP contribution is -2.11. The topological polar surface area (TPSA) is 26.0 Å². The van der Waals surface area contributed by atoms with Gasteiger partial charge in [-0.25, -0.2) is 0 Å². The molecule has 0 aromatic heterocycles. The molecular formula is C33H37N. The van der Waals surface area contributed by atoms with Crippen molar-refractivity contribution in [2.24, 2.45) is 0 Å². The molecule has 174 valence electrons. The summed E-state index contributed by atoms with van der Waals surface area (Å²) in [6.07, 6.45) is 0. The Morgan fingerprint density at radius 2 is 1.12 bits per heavy atom. The van der Waals surface area contributed by atoms with Crippen molar-refractivity contribution >= 4 is 5.69 Å². The van der Waals surface area contributed by atoms with Crippen molar-refractivity contribution in [1.82, 2.24) is 0 Å². The van der Waals surface area contributed by atoms with Gasteiger partial charge in [-0.3, -0.25) is 0 Å². The van der Waals surface area contributed by atoms with Gasteiger partial charge in [0.05, 0.1) is 19.2 Å². The number of nitrogen functional groups attached to an aromatic ring is 1. The molecule has 4 aromatic rings. The second-order valence-corrected chi connectivity index (χ2v) is 8.54. The molecule has 34 heavy (non-hydrogen) atoms. The van der Waals surface area contributed by atoms with Crippen LogP contribution in [0, 0.1) is 6.85 Å². The van der Waals surface area contributed by atoms with Crippen molar-refractivity contribution < 1.29 is 35.6 Å². The molecule has 0 aliphatic heterocycles. The predicted octanol–water partition coefficient (Wildman–Crippen LogP) is 9.17. The van der Waals surface area contributed by atoms with E-state index in [4.69, 9.17) is 41.4 Å². The Bertz CT molecular complexity index is 2370. The van der Waals surface area contributed by atoms with E-state index in [1.54, 1.807) is 20.8 Å². The van der Waals surface area contributed by atoms with E-state index in [0.29, 0.717) is 0 Å². The van der Waals surface area contributed by atoms with E-state index in [0.717, 1.165) is 0 Å². The van der Waals surface area contributed by atoms with Crippen LogP contribution in [-0.2, 0) is 10.8 Å². The zero-order valence-corrected chi connectivity index (χ0v) is 18.6. The van der Waals surface area contributed by atoms with Crippen molar-refractivity contribution in [3.05, 3.63) is 101 Å². The summed E-state index contributed by atoms with van der Waals surface area (Å²) < 4.78 is 221. The van der Waals surface area contributed by atoms with Gasteiger partial charge in [-0.2, -0.15) is 0 Å². The number of benzene rings is 4. The summed E-state index contributed by atoms with van der Waals surface area (Å²) >= 11 is 0. The van der Waals surface area contributed by atoms with Crippen LogP contribution in [0.15, 0.2) is 84.6 Å². The molecule has 4 rings (SSSR count). The van der Waals surface area contributed by atoms with E-state index in [-0.39, 0.29) is 5.56 Å². The summed E-state index contributed by atoms with van der Waals surface area (Å²) in [4.78, 5) is 0. The van der Waals surface area contributed by atoms with Crippen LogP contribution >= 0.6 is 0 Å². The fourth-order valence-corrected chi connectivity index (χ4v) is 2.97. The highest BCUT2D eigenvalue weighted by molar-refractivity contribution is 5.89. The third kappa shape index (κ3) is 4.80. The van der Waals surface area contributed by atoms with Gasteiger partial charge in [-0.05, 0) is 56.6 Å². The Labute approximate surface area is 242 Å². The molecule has 1 nitrogen and oxygen atoms in total. The predicted molar refractivity (Wildman–Crippen MR) is 149 cm³/mol. The molecule has 1 heteroatoms. The third-order valence-corrected chi connectivity index (χ3v) is 4.85. The van der Waals surface area contributed by atoms with Crippen LogP contribution in [0.2, 0.25) is 0 Å². The molecule has 2 N–H and O–H groups in total. The highest BCUT2D eigenvalue weighted by Crippen LogP contribution is 2.37. The lowest BCUT2D eigenvalue weighted by molar-refractivity contribution is 0.589. The number of anilines is 1. The Hall–Kier alpha value is -3.32. The summed E-state index contributed by atoms with van der Waals surface area (Å²) in [6, 6.07) is -15.2. The Morgan fingerprint density at radius 3 is 1.62 bits per heavy atom. The fraction of sp³-hybridized carbons (Fsp3) is 0.273. The van der Waals surface area contributed by atoms with Crippen molar-refractivity contribution in [1.29, 1.82) is 0 Å². The van der Waals surface area contributed by atoms with E-state index in [1.165, 1.54) is 0 Å². The van der Waals surface area contributed by atoms with Crippen molar-refractivity contribution in [3.63, 3.8) is 0 Å². The maximum atomic E-state index is 9.00. The average molecular weight is 474 g/mol. The van der Waals surface area contributed by atoms with Crippen LogP contribution in [0.3, 0.4) is 0 Å². The molecule has 0 aliphatic rings. The molecule has 0 fully saturated rings. The molecule has 0 saturated heterocycles. The molecular weight excluding hydrogens is 410 g/mol. The van der Waals surface area contributed by atoms with Gasteiger partial charge in [0.25, 0.3) is 0 Å². The standard InChI is InChI=1S/C33H37N/c1-22-21-27(33(5,6)7)19-20-28(22)23-11-13-24(14-12-23)29-9-8-10-30(31(29)34)25-15-17-26(18-16-25)32(2,3)4/h8-21H,34H2,1-7H3/i1D3,2D3,3D3,4D3,8D,9D,10D,11D,12D,13D,14D,15D,16D,17D,18D,19D,20D,21D. The van der Waals surface area contributed by atoms with Crippen LogP contribution < -0.4 is 5.73 Å². The second kappa shape index (κ2) is 8.80. The number of rotatable bonds is 3. The van der Waals surface area contributed by atoms with Crippen LogP contribution in [0.25, 0.3) is 33.4 Å². The number of para-hydroxylation sites is 1. The molecule has 0 saturated carbocycles. The zero-order valence-electron chi connectivity index (χ0n) is 44.6. The highest BCUT2D eigenvalue weighted by atomic mass is 14.6. The van der Waals surface area contributed by atoms with Crippen molar-refractivity contribution in [3.8, 4) is 33.4 Å². The maximum Gasteiger partial charge on any atom is 0.0630 e. The maximum absolute atomic E-state index is 9.00. The van der Waals surface area contributed by atoms with Crippen molar-refractivity contribution in [2.45, 2.75) is 59.0 Å². The molecule has 0 amide bonds. The third-order valence-electron chi connectivity index (χ3n) is 4.85. The largest absolute Gasteiger partial charge is 0.398 e. The van der Waals surface area contributed by atoms with E-state index >= 15 is 0 Å². The Balaban J connectivity index is 2.25. The first kappa shape index (κ1) is 7.59. The van der Waals surface area contributed by atoms with E-state index in [1.807, 2.05) is 0 Å². The molecule has 0 radical (unpaired) electrons. The molecule has 0 aliphatic carbocycles. The minimum absolute atomic E-state index is 0.144. The molecule has 4 aromatic carbocycles. The molecule has 0 unspecified atom stereocenters. The number of hydrogen-bond donors (Lipinski definition) is 1. The molecule has 0 spiro atoms. The van der Waals surface area contributed by atoms with Gasteiger partial charge >= 0.3 is 0 Å². The summed E-state index contributed by atoms with van der Waals surface area (Å²) in [6.45, 7) is -10.5. The van der Waals surface area contributed by atoms with Crippen LogP contribution in [0.4, 0.5) is 5.69 Å². The number of hydrogen-bond acceptors (Lipinski definition) is 1. The van der Waals surface area contributed by atoms with Crippen molar-refractivity contribution in [2.75, 3.05) is 5.73 Å². The monoisotopic (exact) mass is 473 g/mol. The SMILES string of the molecule is [2H]c1c([2H])c(-c2c([2H])c([2H])c(-c3c([2H])c([2H])c(C(C)(C)C)c([2H])c3C([2H])([2H])[2H])c([2H])c2[2H])c(N)c(-c2c([2H])c([2H])c(C(C([2H])([2H])[2H])(C([2H])([2H])[2H])C([2H])([2H])[2H])c([2H])c2[2H])c1[2H]. The Kier molecular flexibility index (Phi) is 1.96. The minimum atomic E-state index is -4.02. The fourth-order valence-electron chi connectivity index (χ4n) is 2.97.